The predicted molar refractivity (Wildman–Crippen MR) is 82.2 cm³/mol. The Morgan fingerprint density at radius 2 is 2.12 bits per heavy atom. The molecule has 3 heterocycles. The zero-order valence-electron chi connectivity index (χ0n) is 12.1. The summed E-state index contributed by atoms with van der Waals surface area (Å²) in [5.74, 6) is 0.191. The number of nitrogens with one attached hydrogen (secondary N) is 1. The lowest BCUT2D eigenvalue weighted by Gasteiger charge is -2.15. The van der Waals surface area contributed by atoms with Gasteiger partial charge >= 0.3 is 6.18 Å². The summed E-state index contributed by atoms with van der Waals surface area (Å²) in [7, 11) is 0. The van der Waals surface area contributed by atoms with Crippen molar-refractivity contribution in [3.05, 3.63) is 45.2 Å². The highest BCUT2D eigenvalue weighted by Crippen LogP contribution is 2.40. The van der Waals surface area contributed by atoms with Gasteiger partial charge in [-0.05, 0) is 43.3 Å². The molecule has 0 saturated heterocycles. The molecule has 0 radical (unpaired) electrons. The molecule has 124 valence electrons. The molecule has 5 nitrogen and oxygen atoms in total. The summed E-state index contributed by atoms with van der Waals surface area (Å²) in [6.07, 6.45) is -1.80. The molecule has 0 unspecified atom stereocenters. The van der Waals surface area contributed by atoms with Crippen LogP contribution in [0.4, 0.5) is 13.2 Å². The van der Waals surface area contributed by atoms with Gasteiger partial charge in [-0.2, -0.15) is 13.2 Å². The third kappa shape index (κ3) is 2.35. The summed E-state index contributed by atoms with van der Waals surface area (Å²) in [6.45, 7) is 0. The largest absolute Gasteiger partial charge is 0.463 e. The molecule has 1 saturated carbocycles. The van der Waals surface area contributed by atoms with Crippen LogP contribution < -0.4 is 5.56 Å². The minimum absolute atomic E-state index is 0.00854. The Labute approximate surface area is 137 Å². The van der Waals surface area contributed by atoms with Crippen LogP contribution in [0.2, 0.25) is 0 Å². The summed E-state index contributed by atoms with van der Waals surface area (Å²) in [4.78, 5) is 18.7. The zero-order chi connectivity index (χ0) is 17.1. The third-order valence-corrected chi connectivity index (χ3v) is 4.18. The van der Waals surface area contributed by atoms with Gasteiger partial charge in [-0.15, -0.1) is 0 Å². The van der Waals surface area contributed by atoms with Crippen LogP contribution in [0.1, 0.15) is 24.4 Å². The highest BCUT2D eigenvalue weighted by molar-refractivity contribution is 7.71. The van der Waals surface area contributed by atoms with E-state index >= 15 is 0 Å². The molecule has 1 fully saturated rings. The number of fused-ring (bicyclic) bond motifs is 1. The van der Waals surface area contributed by atoms with E-state index < -0.39 is 22.7 Å². The van der Waals surface area contributed by atoms with Gasteiger partial charge in [-0.25, -0.2) is 4.98 Å². The van der Waals surface area contributed by atoms with E-state index in [2.05, 4.69) is 9.97 Å². The van der Waals surface area contributed by atoms with E-state index in [1.54, 1.807) is 6.07 Å². The number of aromatic nitrogens is 3. The fraction of sp³-hybridized carbons (Fsp3) is 0.267. The normalized spacial score (nSPS) is 15.1. The smallest absolute Gasteiger partial charge is 0.417 e. The van der Waals surface area contributed by atoms with Crippen LogP contribution in [0, 0.1) is 4.77 Å². The number of alkyl halides is 3. The molecular weight excluding hydrogens is 343 g/mol. The maximum absolute atomic E-state index is 13.5. The van der Waals surface area contributed by atoms with Crippen LogP contribution >= 0.6 is 12.2 Å². The van der Waals surface area contributed by atoms with Crippen LogP contribution in [0.25, 0.3) is 22.5 Å². The van der Waals surface area contributed by atoms with Gasteiger partial charge in [-0.1, -0.05) is 0 Å². The number of nitrogens with zero attached hydrogens (tertiary/aromatic N) is 2. The molecule has 9 heteroatoms. The van der Waals surface area contributed by atoms with Crippen LogP contribution in [0.3, 0.4) is 0 Å². The highest BCUT2D eigenvalue weighted by Gasteiger charge is 2.37. The van der Waals surface area contributed by atoms with E-state index in [1.165, 1.54) is 16.9 Å². The van der Waals surface area contributed by atoms with E-state index in [1.807, 2.05) is 0 Å². The summed E-state index contributed by atoms with van der Waals surface area (Å²) in [5, 5.41) is -0.502. The number of hydrogen-bond donors (Lipinski definition) is 1. The number of rotatable bonds is 2. The van der Waals surface area contributed by atoms with Crippen LogP contribution in [0.15, 0.2) is 33.7 Å². The molecule has 0 aromatic carbocycles. The van der Waals surface area contributed by atoms with E-state index in [0.717, 1.165) is 18.9 Å². The second-order valence-electron chi connectivity index (χ2n) is 5.59. The lowest BCUT2D eigenvalue weighted by Crippen LogP contribution is -2.20. The summed E-state index contributed by atoms with van der Waals surface area (Å²) in [5.41, 5.74) is -2.00. The third-order valence-electron chi connectivity index (χ3n) is 3.89. The maximum atomic E-state index is 13.5. The number of hydrogen-bond acceptors (Lipinski definition) is 4. The van der Waals surface area contributed by atoms with E-state index in [-0.39, 0.29) is 27.9 Å². The maximum Gasteiger partial charge on any atom is 0.417 e. The topological polar surface area (TPSA) is 63.8 Å². The Bertz CT molecular complexity index is 1050. The Kier molecular flexibility index (Phi) is 3.17. The Morgan fingerprint density at radius 3 is 2.71 bits per heavy atom. The zero-order valence-corrected chi connectivity index (χ0v) is 12.9. The second kappa shape index (κ2) is 5.04. The van der Waals surface area contributed by atoms with E-state index in [9.17, 15) is 18.0 Å². The molecule has 1 aliphatic rings. The SMILES string of the molecule is O=c1[nH]c(=S)n(C2CC2)c2nc(-c3ccco3)cc(C(F)(F)F)c12. The van der Waals surface area contributed by atoms with E-state index in [0.29, 0.717) is 0 Å². The Balaban J connectivity index is 2.18. The molecule has 1 N–H and O–H groups in total. The first-order chi connectivity index (χ1) is 11.4. The average Bonchev–Trinajstić information content (AvgIpc) is 3.17. The predicted octanol–water partition coefficient (Wildman–Crippen LogP) is 4.07. The molecule has 0 atom stereocenters. The average molecular weight is 353 g/mol. The summed E-state index contributed by atoms with van der Waals surface area (Å²) < 4.78 is 47.3. The van der Waals surface area contributed by atoms with Crippen molar-refractivity contribution in [2.45, 2.75) is 25.1 Å². The van der Waals surface area contributed by atoms with Gasteiger partial charge in [0.25, 0.3) is 5.56 Å². The second-order valence-corrected chi connectivity index (χ2v) is 5.98. The number of aromatic amines is 1. The first-order valence-electron chi connectivity index (χ1n) is 7.17. The van der Waals surface area contributed by atoms with Crippen molar-refractivity contribution in [3.8, 4) is 11.5 Å². The van der Waals surface area contributed by atoms with Gasteiger partial charge in [0, 0.05) is 6.04 Å². The van der Waals surface area contributed by atoms with Crippen molar-refractivity contribution >= 4 is 23.3 Å². The molecule has 4 rings (SSSR count). The van der Waals surface area contributed by atoms with Crippen molar-refractivity contribution in [1.82, 2.24) is 14.5 Å². The fourth-order valence-corrected chi connectivity index (χ4v) is 3.02. The summed E-state index contributed by atoms with van der Waals surface area (Å²) >= 11 is 5.13. The van der Waals surface area contributed by atoms with Gasteiger partial charge in [-0.3, -0.25) is 14.3 Å². The molecule has 3 aromatic heterocycles. The van der Waals surface area contributed by atoms with Gasteiger partial charge in [0.05, 0.1) is 17.2 Å². The lowest BCUT2D eigenvalue weighted by atomic mass is 10.1. The highest BCUT2D eigenvalue weighted by atomic mass is 32.1. The van der Waals surface area contributed by atoms with Crippen molar-refractivity contribution in [1.29, 1.82) is 0 Å². The quantitative estimate of drug-likeness (QED) is 0.706. The number of halogens is 3. The van der Waals surface area contributed by atoms with Crippen LogP contribution in [-0.4, -0.2) is 14.5 Å². The van der Waals surface area contributed by atoms with Crippen molar-refractivity contribution < 1.29 is 17.6 Å². The molecule has 0 amide bonds. The van der Waals surface area contributed by atoms with E-state index in [4.69, 9.17) is 16.6 Å². The molecule has 3 aromatic rings. The number of pyridine rings is 1. The van der Waals surface area contributed by atoms with Gasteiger partial charge in [0.1, 0.15) is 11.3 Å². The number of H-pyrrole nitrogens is 1. The molecule has 24 heavy (non-hydrogen) atoms. The monoisotopic (exact) mass is 353 g/mol. The first kappa shape index (κ1) is 15.1. The first-order valence-corrected chi connectivity index (χ1v) is 7.58. The van der Waals surface area contributed by atoms with Crippen molar-refractivity contribution in [2.24, 2.45) is 0 Å². The van der Waals surface area contributed by atoms with Crippen LogP contribution in [0.5, 0.6) is 0 Å². The molecule has 0 aliphatic heterocycles. The molecule has 0 spiro atoms. The molecule has 1 aliphatic carbocycles. The minimum Gasteiger partial charge on any atom is -0.463 e. The van der Waals surface area contributed by atoms with Crippen molar-refractivity contribution in [3.63, 3.8) is 0 Å². The Hall–Kier alpha value is -2.42. The fourth-order valence-electron chi connectivity index (χ4n) is 2.69. The lowest BCUT2D eigenvalue weighted by molar-refractivity contribution is -0.136. The van der Waals surface area contributed by atoms with Gasteiger partial charge in [0.15, 0.2) is 10.5 Å². The van der Waals surface area contributed by atoms with Crippen molar-refractivity contribution in [2.75, 3.05) is 0 Å². The molecule has 0 bridgehead atoms. The van der Waals surface area contributed by atoms with Gasteiger partial charge < -0.3 is 4.42 Å². The Morgan fingerprint density at radius 1 is 1.38 bits per heavy atom. The van der Waals surface area contributed by atoms with Crippen LogP contribution in [-0.2, 0) is 6.18 Å². The minimum atomic E-state index is -4.71. The number of furan rings is 1. The van der Waals surface area contributed by atoms with Gasteiger partial charge in [0.2, 0.25) is 0 Å². The molecular formula is C15H10F3N3O2S. The standard InChI is InChI=1S/C15H10F3N3O2S/c16-15(17,18)8-6-9(10-2-1-5-23-10)19-12-11(8)13(22)20-14(24)21(12)7-3-4-7/h1-2,5-7H,3-4H2,(H,20,22,24). The summed E-state index contributed by atoms with van der Waals surface area (Å²) in [6, 6.07) is 3.85.